The molecule has 1 aromatic heterocycles. The van der Waals surface area contributed by atoms with E-state index in [2.05, 4.69) is 30.9 Å². The van der Waals surface area contributed by atoms with Gasteiger partial charge in [-0.2, -0.15) is 31.8 Å². The molecule has 16 heteroatoms. The Bertz CT molecular complexity index is 1960. The molecule has 0 atom stereocenters. The molecular weight excluding hydrogens is 638 g/mol. The molecule has 45 heavy (non-hydrogen) atoms. The minimum absolute atomic E-state index is 0. The number of benzene rings is 4. The van der Waals surface area contributed by atoms with Gasteiger partial charge in [-0.1, -0.05) is 78.9 Å². The summed E-state index contributed by atoms with van der Waals surface area (Å²) in [5, 5.41) is 9.01. The molecule has 0 aliphatic rings. The van der Waals surface area contributed by atoms with Crippen LogP contribution < -0.4 is 16.0 Å². The van der Waals surface area contributed by atoms with Gasteiger partial charge in [0.1, 0.15) is 9.79 Å². The number of hydrogen-bond acceptors (Lipinski definition) is 10. The third kappa shape index (κ3) is 9.92. The third-order valence-corrected chi connectivity index (χ3v) is 7.78. The maximum atomic E-state index is 12.6. The van der Waals surface area contributed by atoms with Crippen molar-refractivity contribution in [3.05, 3.63) is 114 Å². The second-order valence-electron chi connectivity index (χ2n) is 8.96. The Balaban J connectivity index is 0.00000276. The van der Waals surface area contributed by atoms with Crippen LogP contribution in [0.4, 0.5) is 34.9 Å². The van der Waals surface area contributed by atoms with Crippen LogP contribution in [0.2, 0.25) is 0 Å². The Morgan fingerprint density at radius 3 is 1.47 bits per heavy atom. The van der Waals surface area contributed by atoms with Gasteiger partial charge in [0.2, 0.25) is 17.8 Å². The van der Waals surface area contributed by atoms with Crippen molar-refractivity contribution in [2.45, 2.75) is 9.79 Å². The van der Waals surface area contributed by atoms with E-state index in [1.54, 1.807) is 6.07 Å². The number of anilines is 6. The standard InChI is InChI=1S/C29H24N6O6S2.2Na/c36-42(37,38)25-17-8-7-10-20(25)18-19-21-11-9-16-24(26(21)43(39,40)41)32-29-34-27(30-22-12-3-1-4-13-22)33-28(35-29)31-23-14-5-2-6-15-23;;/h1-19H,(H,36,37,38)(H,39,40,41)(H3,30,31,32,33,34,35);;. The van der Waals surface area contributed by atoms with Crippen LogP contribution in [0.3, 0.4) is 0 Å². The van der Waals surface area contributed by atoms with Crippen molar-refractivity contribution in [1.29, 1.82) is 0 Å². The molecule has 2 radical (unpaired) electrons. The number of nitrogens with one attached hydrogen (secondary N) is 3. The van der Waals surface area contributed by atoms with Crippen LogP contribution in [-0.2, 0) is 20.2 Å². The minimum atomic E-state index is -4.83. The molecule has 0 bridgehead atoms. The van der Waals surface area contributed by atoms with Crippen molar-refractivity contribution < 1.29 is 25.9 Å². The summed E-state index contributed by atoms with van der Waals surface area (Å²) in [6.07, 6.45) is 2.61. The second kappa shape index (κ2) is 15.9. The van der Waals surface area contributed by atoms with Crippen molar-refractivity contribution in [2.75, 3.05) is 16.0 Å². The Morgan fingerprint density at radius 2 is 0.956 bits per heavy atom. The van der Waals surface area contributed by atoms with Gasteiger partial charge >= 0.3 is 0 Å². The summed E-state index contributed by atoms with van der Waals surface area (Å²) in [5.41, 5.74) is 1.46. The van der Waals surface area contributed by atoms with Gasteiger partial charge in [-0.3, -0.25) is 9.11 Å². The van der Waals surface area contributed by atoms with Crippen LogP contribution in [0.15, 0.2) is 113 Å². The third-order valence-electron chi connectivity index (χ3n) is 5.88. The van der Waals surface area contributed by atoms with Gasteiger partial charge in [0.05, 0.1) is 5.69 Å². The van der Waals surface area contributed by atoms with Crippen LogP contribution in [0.5, 0.6) is 0 Å². The molecule has 12 nitrogen and oxygen atoms in total. The normalized spacial score (nSPS) is 11.2. The fourth-order valence-corrected chi connectivity index (χ4v) is 5.59. The number of rotatable bonds is 10. The van der Waals surface area contributed by atoms with E-state index < -0.39 is 25.1 Å². The largest absolute Gasteiger partial charge is 0.324 e. The van der Waals surface area contributed by atoms with E-state index in [9.17, 15) is 25.9 Å². The van der Waals surface area contributed by atoms with E-state index in [4.69, 9.17) is 0 Å². The fourth-order valence-electron chi connectivity index (χ4n) is 4.07. The molecule has 5 aromatic rings. The zero-order chi connectivity index (χ0) is 30.5. The summed E-state index contributed by atoms with van der Waals surface area (Å²) in [7, 11) is -9.37. The number of hydrogen-bond donors (Lipinski definition) is 5. The number of para-hydroxylation sites is 2. The van der Waals surface area contributed by atoms with Crippen molar-refractivity contribution in [3.63, 3.8) is 0 Å². The summed E-state index contributed by atoms with van der Waals surface area (Å²) in [4.78, 5) is 12.3. The number of aromatic nitrogens is 3. The molecule has 4 aromatic carbocycles. The summed E-state index contributed by atoms with van der Waals surface area (Å²) in [6, 6.07) is 28.3. The summed E-state index contributed by atoms with van der Waals surface area (Å²) in [5.74, 6) is 0.247. The first-order valence-electron chi connectivity index (χ1n) is 12.6. The minimum Gasteiger partial charge on any atom is -0.324 e. The van der Waals surface area contributed by atoms with E-state index >= 15 is 0 Å². The van der Waals surface area contributed by atoms with Crippen LogP contribution in [0.25, 0.3) is 12.2 Å². The van der Waals surface area contributed by atoms with Crippen LogP contribution in [0, 0.1) is 0 Å². The first-order valence-corrected chi connectivity index (χ1v) is 15.5. The molecule has 0 fully saturated rings. The SMILES string of the molecule is O=S(=O)(O)c1ccccc1C=Cc1cccc(Nc2nc(Nc3ccccc3)nc(Nc3ccccc3)n2)c1S(=O)(=O)O.[Na].[Na]. The smallest absolute Gasteiger partial charge is 0.297 e. The van der Waals surface area contributed by atoms with Gasteiger partial charge in [-0.05, 0) is 47.5 Å². The fraction of sp³-hybridized carbons (Fsp3) is 0. The summed E-state index contributed by atoms with van der Waals surface area (Å²) >= 11 is 0. The maximum Gasteiger partial charge on any atom is 0.297 e. The quantitative estimate of drug-likeness (QED) is 0.0767. The molecule has 0 aliphatic heterocycles. The Morgan fingerprint density at radius 1 is 0.511 bits per heavy atom. The van der Waals surface area contributed by atoms with Crippen molar-refractivity contribution in [3.8, 4) is 0 Å². The molecule has 220 valence electrons. The first-order chi connectivity index (χ1) is 20.6. The van der Waals surface area contributed by atoms with Gasteiger partial charge < -0.3 is 16.0 Å². The van der Waals surface area contributed by atoms with Crippen LogP contribution in [0.1, 0.15) is 11.1 Å². The first kappa shape index (κ1) is 36.3. The average molecular weight is 663 g/mol. The van der Waals surface area contributed by atoms with Crippen molar-refractivity contribution >= 4 is 126 Å². The molecule has 0 saturated carbocycles. The monoisotopic (exact) mass is 662 g/mol. The zero-order valence-corrected chi connectivity index (χ0v) is 29.8. The van der Waals surface area contributed by atoms with E-state index in [0.717, 1.165) is 0 Å². The maximum absolute atomic E-state index is 12.6. The van der Waals surface area contributed by atoms with Gasteiger partial charge in [0, 0.05) is 70.5 Å². The molecule has 0 unspecified atom stereocenters. The molecular formula is C29H24N6Na2O6S2. The predicted molar refractivity (Wildman–Crippen MR) is 176 cm³/mol. The van der Waals surface area contributed by atoms with Gasteiger partial charge in [0.15, 0.2) is 0 Å². The molecule has 0 spiro atoms. The van der Waals surface area contributed by atoms with E-state index in [-0.39, 0.29) is 98.7 Å². The van der Waals surface area contributed by atoms with Crippen LogP contribution in [-0.4, -0.2) is 100 Å². The molecule has 0 amide bonds. The topological polar surface area (TPSA) is 183 Å². The van der Waals surface area contributed by atoms with Gasteiger partial charge in [0.25, 0.3) is 20.2 Å². The van der Waals surface area contributed by atoms with Crippen LogP contribution >= 0.6 is 0 Å². The van der Waals surface area contributed by atoms with E-state index in [1.165, 1.54) is 48.6 Å². The molecule has 0 saturated heterocycles. The summed E-state index contributed by atoms with van der Waals surface area (Å²) < 4.78 is 68.5. The Kier molecular flexibility index (Phi) is 12.8. The second-order valence-corrected chi connectivity index (χ2v) is 11.7. The summed E-state index contributed by atoms with van der Waals surface area (Å²) in [6.45, 7) is 0. The number of nitrogens with zero attached hydrogens (tertiary/aromatic N) is 3. The Labute approximate surface area is 304 Å². The van der Waals surface area contributed by atoms with Crippen molar-refractivity contribution in [2.24, 2.45) is 0 Å². The van der Waals surface area contributed by atoms with E-state index in [0.29, 0.717) is 11.4 Å². The molecule has 1 heterocycles. The molecule has 5 rings (SSSR count). The zero-order valence-electron chi connectivity index (χ0n) is 24.2. The van der Waals surface area contributed by atoms with Crippen molar-refractivity contribution in [1.82, 2.24) is 15.0 Å². The molecule has 5 N–H and O–H groups in total. The van der Waals surface area contributed by atoms with Gasteiger partial charge in [-0.15, -0.1) is 0 Å². The predicted octanol–water partition coefficient (Wildman–Crippen LogP) is 5.00. The van der Waals surface area contributed by atoms with Gasteiger partial charge in [-0.25, -0.2) is 0 Å². The molecule has 0 aliphatic carbocycles. The van der Waals surface area contributed by atoms with E-state index in [1.807, 2.05) is 60.7 Å². The Hall–Kier alpha value is -3.15. The average Bonchev–Trinajstić information content (AvgIpc) is 2.96.